The fourth-order valence-corrected chi connectivity index (χ4v) is 3.68. The van der Waals surface area contributed by atoms with E-state index in [0.717, 1.165) is 24.0 Å². The number of carbonyl (C=O) groups is 1. The predicted octanol–water partition coefficient (Wildman–Crippen LogP) is 4.73. The molecule has 0 atom stereocenters. The maximum absolute atomic E-state index is 12.8. The van der Waals surface area contributed by atoms with Gasteiger partial charge in [-0.05, 0) is 48.2 Å². The number of likely N-dealkylation sites (tertiary alicyclic amines) is 1. The summed E-state index contributed by atoms with van der Waals surface area (Å²) in [5.41, 5.74) is 2.65. The summed E-state index contributed by atoms with van der Waals surface area (Å²) in [7, 11) is 0. The van der Waals surface area contributed by atoms with E-state index in [4.69, 9.17) is 23.2 Å². The maximum atomic E-state index is 12.8. The van der Waals surface area contributed by atoms with E-state index < -0.39 is 0 Å². The van der Waals surface area contributed by atoms with Crippen molar-refractivity contribution in [1.29, 1.82) is 0 Å². The second-order valence-corrected chi connectivity index (χ2v) is 7.39. The molecule has 0 aliphatic carbocycles. The second kappa shape index (κ2) is 7.71. The first kappa shape index (κ1) is 18.0. The highest BCUT2D eigenvalue weighted by atomic mass is 35.5. The van der Waals surface area contributed by atoms with Gasteiger partial charge in [0.05, 0.1) is 28.5 Å². The molecule has 2 heterocycles. The number of piperidine rings is 1. The van der Waals surface area contributed by atoms with E-state index in [1.807, 2.05) is 41.3 Å². The number of amides is 1. The topological polar surface area (TPSA) is 51.0 Å². The van der Waals surface area contributed by atoms with E-state index in [9.17, 15) is 4.79 Å². The molecule has 0 bridgehead atoms. The lowest BCUT2D eigenvalue weighted by molar-refractivity contribution is 0.0684. The quantitative estimate of drug-likeness (QED) is 0.638. The molecule has 0 spiro atoms. The Morgan fingerprint density at radius 1 is 0.889 bits per heavy atom. The third-order valence-corrected chi connectivity index (χ3v) is 5.64. The van der Waals surface area contributed by atoms with Gasteiger partial charge in [-0.15, -0.1) is 0 Å². The number of rotatable bonds is 3. The van der Waals surface area contributed by atoms with Crippen LogP contribution >= 0.6 is 23.2 Å². The average Bonchev–Trinajstić information content (AvgIpc) is 3.25. The predicted molar refractivity (Wildman–Crippen MR) is 106 cm³/mol. The Morgan fingerprint density at radius 2 is 1.52 bits per heavy atom. The van der Waals surface area contributed by atoms with E-state index in [2.05, 4.69) is 10.2 Å². The van der Waals surface area contributed by atoms with Gasteiger partial charge in [-0.3, -0.25) is 4.79 Å². The number of hydrogen-bond acceptors (Lipinski definition) is 3. The van der Waals surface area contributed by atoms with Gasteiger partial charge in [0.2, 0.25) is 0 Å². The van der Waals surface area contributed by atoms with Crippen molar-refractivity contribution in [3.05, 3.63) is 70.5 Å². The summed E-state index contributed by atoms with van der Waals surface area (Å²) < 4.78 is 0. The van der Waals surface area contributed by atoms with Crippen LogP contribution in [0.5, 0.6) is 0 Å². The molecule has 1 saturated heterocycles. The minimum absolute atomic E-state index is 0.0579. The standard InChI is InChI=1S/C20H18Cl2N4O/c21-18-6-5-16(13-19(18)22)14-1-3-15(4-2-14)20(27)25-11-7-17(8-12-25)26-23-9-10-24-26/h1-6,9-10,13,17H,7-8,11-12H2. The van der Waals surface area contributed by atoms with Crippen LogP contribution in [-0.2, 0) is 0 Å². The number of aromatic nitrogens is 3. The number of hydrogen-bond donors (Lipinski definition) is 0. The van der Waals surface area contributed by atoms with Crippen molar-refractivity contribution in [2.45, 2.75) is 18.9 Å². The van der Waals surface area contributed by atoms with Crippen molar-refractivity contribution in [3.8, 4) is 11.1 Å². The number of nitrogens with zero attached hydrogens (tertiary/aromatic N) is 4. The van der Waals surface area contributed by atoms with E-state index >= 15 is 0 Å². The summed E-state index contributed by atoms with van der Waals surface area (Å²) in [4.78, 5) is 16.4. The van der Waals surface area contributed by atoms with Crippen LogP contribution in [0.15, 0.2) is 54.9 Å². The summed E-state index contributed by atoms with van der Waals surface area (Å²) >= 11 is 12.1. The Labute approximate surface area is 167 Å². The Hall–Kier alpha value is -2.37. The SMILES string of the molecule is O=C(c1ccc(-c2ccc(Cl)c(Cl)c2)cc1)N1CCC(n2nccn2)CC1. The van der Waals surface area contributed by atoms with Gasteiger partial charge in [0, 0.05) is 18.7 Å². The van der Waals surface area contributed by atoms with Gasteiger partial charge < -0.3 is 4.90 Å². The molecular weight excluding hydrogens is 383 g/mol. The van der Waals surface area contributed by atoms with Crippen molar-refractivity contribution in [2.75, 3.05) is 13.1 Å². The lowest BCUT2D eigenvalue weighted by atomic mass is 10.0. The smallest absolute Gasteiger partial charge is 0.253 e. The van der Waals surface area contributed by atoms with Crippen LogP contribution in [0.25, 0.3) is 11.1 Å². The van der Waals surface area contributed by atoms with E-state index in [0.29, 0.717) is 28.7 Å². The lowest BCUT2D eigenvalue weighted by Gasteiger charge is -2.31. The molecule has 27 heavy (non-hydrogen) atoms. The first-order valence-electron chi connectivity index (χ1n) is 8.82. The molecule has 0 N–H and O–H groups in total. The monoisotopic (exact) mass is 400 g/mol. The molecular formula is C20H18Cl2N4O. The molecule has 1 fully saturated rings. The van der Waals surface area contributed by atoms with Crippen molar-refractivity contribution >= 4 is 29.1 Å². The van der Waals surface area contributed by atoms with Crippen LogP contribution in [0.1, 0.15) is 29.2 Å². The molecule has 1 aliphatic heterocycles. The third kappa shape index (κ3) is 3.84. The highest BCUT2D eigenvalue weighted by Crippen LogP contribution is 2.29. The van der Waals surface area contributed by atoms with Crippen LogP contribution in [0, 0.1) is 0 Å². The van der Waals surface area contributed by atoms with Crippen molar-refractivity contribution in [1.82, 2.24) is 19.9 Å². The fourth-order valence-electron chi connectivity index (χ4n) is 3.38. The number of carbonyl (C=O) groups excluding carboxylic acids is 1. The summed E-state index contributed by atoms with van der Waals surface area (Å²) in [6.45, 7) is 1.42. The van der Waals surface area contributed by atoms with Crippen LogP contribution in [0.4, 0.5) is 0 Å². The van der Waals surface area contributed by atoms with Crippen molar-refractivity contribution in [2.24, 2.45) is 0 Å². The van der Waals surface area contributed by atoms with Crippen LogP contribution in [0.2, 0.25) is 10.0 Å². The van der Waals surface area contributed by atoms with Gasteiger partial charge in [-0.25, -0.2) is 0 Å². The third-order valence-electron chi connectivity index (χ3n) is 4.90. The van der Waals surface area contributed by atoms with E-state index in [-0.39, 0.29) is 11.9 Å². The van der Waals surface area contributed by atoms with Crippen molar-refractivity contribution < 1.29 is 4.79 Å². The summed E-state index contributed by atoms with van der Waals surface area (Å²) in [6.07, 6.45) is 5.10. The summed E-state index contributed by atoms with van der Waals surface area (Å²) in [5, 5.41) is 9.45. The number of benzene rings is 2. The minimum Gasteiger partial charge on any atom is -0.338 e. The maximum Gasteiger partial charge on any atom is 0.253 e. The fraction of sp³-hybridized carbons (Fsp3) is 0.250. The zero-order valence-electron chi connectivity index (χ0n) is 14.6. The van der Waals surface area contributed by atoms with Crippen LogP contribution in [-0.4, -0.2) is 38.9 Å². The molecule has 138 valence electrons. The van der Waals surface area contributed by atoms with Crippen LogP contribution < -0.4 is 0 Å². The first-order valence-corrected chi connectivity index (χ1v) is 9.58. The minimum atomic E-state index is 0.0579. The highest BCUT2D eigenvalue weighted by Gasteiger charge is 2.25. The van der Waals surface area contributed by atoms with Gasteiger partial charge in [0.25, 0.3) is 5.91 Å². The Bertz CT molecular complexity index is 933. The Kier molecular flexibility index (Phi) is 5.14. The zero-order chi connectivity index (χ0) is 18.8. The average molecular weight is 401 g/mol. The molecule has 7 heteroatoms. The molecule has 0 saturated carbocycles. The Balaban J connectivity index is 1.43. The van der Waals surface area contributed by atoms with Gasteiger partial charge in [0.15, 0.2) is 0 Å². The summed E-state index contributed by atoms with van der Waals surface area (Å²) in [6, 6.07) is 13.4. The molecule has 0 radical (unpaired) electrons. The molecule has 2 aromatic carbocycles. The van der Waals surface area contributed by atoms with Gasteiger partial charge >= 0.3 is 0 Å². The van der Waals surface area contributed by atoms with Crippen molar-refractivity contribution in [3.63, 3.8) is 0 Å². The molecule has 1 aliphatic rings. The molecule has 1 amide bonds. The molecule has 5 nitrogen and oxygen atoms in total. The van der Waals surface area contributed by atoms with E-state index in [1.54, 1.807) is 23.3 Å². The first-order chi connectivity index (χ1) is 13.1. The highest BCUT2D eigenvalue weighted by molar-refractivity contribution is 6.42. The van der Waals surface area contributed by atoms with Gasteiger partial charge in [-0.1, -0.05) is 41.4 Å². The number of halogens is 2. The molecule has 4 rings (SSSR count). The largest absolute Gasteiger partial charge is 0.338 e. The zero-order valence-corrected chi connectivity index (χ0v) is 16.1. The second-order valence-electron chi connectivity index (χ2n) is 6.58. The van der Waals surface area contributed by atoms with Crippen LogP contribution in [0.3, 0.4) is 0 Å². The summed E-state index contributed by atoms with van der Waals surface area (Å²) in [5.74, 6) is 0.0579. The molecule has 1 aromatic heterocycles. The molecule has 0 unspecified atom stereocenters. The van der Waals surface area contributed by atoms with Gasteiger partial charge in [-0.2, -0.15) is 15.0 Å². The van der Waals surface area contributed by atoms with E-state index in [1.165, 1.54) is 0 Å². The van der Waals surface area contributed by atoms with Gasteiger partial charge in [0.1, 0.15) is 0 Å². The lowest BCUT2D eigenvalue weighted by Crippen LogP contribution is -2.39. The molecule has 3 aromatic rings. The Morgan fingerprint density at radius 3 is 2.15 bits per heavy atom. The normalized spacial score (nSPS) is 15.1.